The van der Waals surface area contributed by atoms with Gasteiger partial charge in [-0.1, -0.05) is 47.5 Å². The molecule has 162 valence electrons. The Kier molecular flexibility index (Phi) is 8.12. The van der Waals surface area contributed by atoms with E-state index in [0.717, 1.165) is 10.5 Å². The number of nitriles is 1. The summed E-state index contributed by atoms with van der Waals surface area (Å²) < 4.78 is 5.18. The number of hydrogen-bond acceptors (Lipinski definition) is 6. The second kappa shape index (κ2) is 11.0. The number of nitrogens with zero attached hydrogens (tertiary/aromatic N) is 2. The zero-order valence-corrected chi connectivity index (χ0v) is 19.2. The average molecular weight is 486 g/mol. The van der Waals surface area contributed by atoms with Gasteiger partial charge in [0, 0.05) is 16.8 Å². The number of thioether (sulfide) groups is 1. The van der Waals surface area contributed by atoms with Gasteiger partial charge in [0.1, 0.15) is 0 Å². The molecule has 0 atom stereocenters. The molecule has 9 heteroatoms. The maximum atomic E-state index is 12.6. The molecule has 0 saturated carbocycles. The van der Waals surface area contributed by atoms with E-state index < -0.39 is 18.5 Å². The van der Waals surface area contributed by atoms with Crippen LogP contribution in [-0.2, 0) is 15.3 Å². The largest absolute Gasteiger partial charge is 0.452 e. The third-order valence-corrected chi connectivity index (χ3v) is 6.37. The number of rotatable bonds is 7. The van der Waals surface area contributed by atoms with Gasteiger partial charge < -0.3 is 10.1 Å². The predicted octanol–water partition coefficient (Wildman–Crippen LogP) is 5.66. The van der Waals surface area contributed by atoms with Crippen LogP contribution in [0.15, 0.2) is 59.6 Å². The molecule has 32 heavy (non-hydrogen) atoms. The van der Waals surface area contributed by atoms with E-state index in [1.54, 1.807) is 31.2 Å². The molecule has 0 saturated heterocycles. The number of anilines is 1. The van der Waals surface area contributed by atoms with Gasteiger partial charge in [-0.25, -0.2) is 9.78 Å². The number of hydrogen-bond donors (Lipinski definition) is 1. The van der Waals surface area contributed by atoms with E-state index in [-0.39, 0.29) is 10.8 Å². The molecule has 0 spiro atoms. The summed E-state index contributed by atoms with van der Waals surface area (Å²) in [5, 5.41) is 12.0. The molecule has 0 aliphatic heterocycles. The van der Waals surface area contributed by atoms with Crippen LogP contribution >= 0.6 is 35.0 Å². The summed E-state index contributed by atoms with van der Waals surface area (Å²) in [6.45, 7) is 1.21. The van der Waals surface area contributed by atoms with Gasteiger partial charge in [-0.3, -0.25) is 4.79 Å². The Hall–Kier alpha value is -3.05. The highest BCUT2D eigenvalue weighted by Crippen LogP contribution is 2.29. The monoisotopic (exact) mass is 485 g/mol. The number of benzene rings is 2. The van der Waals surface area contributed by atoms with E-state index in [2.05, 4.69) is 16.4 Å². The quantitative estimate of drug-likeness (QED) is 0.343. The first-order valence-corrected chi connectivity index (χ1v) is 11.1. The summed E-state index contributed by atoms with van der Waals surface area (Å²) in [4.78, 5) is 29.5. The summed E-state index contributed by atoms with van der Waals surface area (Å²) in [6, 6.07) is 16.3. The summed E-state index contributed by atoms with van der Waals surface area (Å²) in [5.74, 6) is -0.434. The van der Waals surface area contributed by atoms with Crippen LogP contribution in [0.1, 0.15) is 27.0 Å². The molecule has 1 aromatic heterocycles. The number of ether oxygens (including phenoxy) is 1. The Bertz CT molecular complexity index is 1190. The number of nitrogens with one attached hydrogen (secondary N) is 1. The molecular formula is C23H17Cl2N3O3S. The number of esters is 1. The molecule has 3 aromatic rings. The summed E-state index contributed by atoms with van der Waals surface area (Å²) in [6.07, 6.45) is 1.38. The van der Waals surface area contributed by atoms with Crippen LogP contribution in [0.5, 0.6) is 0 Å². The molecule has 3 rings (SSSR count). The number of halogens is 2. The van der Waals surface area contributed by atoms with Crippen molar-refractivity contribution in [1.29, 1.82) is 5.26 Å². The SMILES string of the molecule is Cc1c(Cl)cnc(NC(=O)COC(=O)c2ccccc2SCc2ccc(C#N)cc2)c1Cl. The fraction of sp³-hybridized carbons (Fsp3) is 0.130. The Balaban J connectivity index is 1.60. The second-order valence-corrected chi connectivity index (χ2v) is 8.41. The first-order chi connectivity index (χ1) is 15.4. The topological polar surface area (TPSA) is 92.1 Å². The van der Waals surface area contributed by atoms with Crippen molar-refractivity contribution in [2.75, 3.05) is 11.9 Å². The predicted molar refractivity (Wildman–Crippen MR) is 125 cm³/mol. The minimum Gasteiger partial charge on any atom is -0.452 e. The third kappa shape index (κ3) is 6.01. The van der Waals surface area contributed by atoms with Crippen LogP contribution in [-0.4, -0.2) is 23.5 Å². The molecule has 6 nitrogen and oxygen atoms in total. The molecule has 1 heterocycles. The molecule has 0 bridgehead atoms. The van der Waals surface area contributed by atoms with Gasteiger partial charge in [-0.15, -0.1) is 11.8 Å². The highest BCUT2D eigenvalue weighted by Gasteiger charge is 2.16. The standard InChI is InChI=1S/C23H17Cl2N3O3S/c1-14-18(24)11-27-22(21(14)25)28-20(29)12-31-23(30)17-4-2-3-5-19(17)32-13-16-8-6-15(10-26)7-9-16/h2-9,11H,12-13H2,1H3,(H,27,28,29). The zero-order valence-electron chi connectivity index (χ0n) is 16.9. The summed E-state index contributed by atoms with van der Waals surface area (Å²) in [7, 11) is 0. The van der Waals surface area contributed by atoms with Crippen molar-refractivity contribution in [3.8, 4) is 6.07 Å². The minimum atomic E-state index is -0.616. The van der Waals surface area contributed by atoms with Gasteiger partial charge >= 0.3 is 5.97 Å². The fourth-order valence-electron chi connectivity index (χ4n) is 2.62. The van der Waals surface area contributed by atoms with Gasteiger partial charge in [0.15, 0.2) is 12.4 Å². The number of amides is 1. The number of pyridine rings is 1. The van der Waals surface area contributed by atoms with Crippen molar-refractivity contribution in [3.05, 3.63) is 87.0 Å². The van der Waals surface area contributed by atoms with Crippen LogP contribution in [0.3, 0.4) is 0 Å². The first kappa shape index (κ1) is 23.6. The number of carbonyl (C=O) groups is 2. The Morgan fingerprint density at radius 2 is 1.88 bits per heavy atom. The third-order valence-electron chi connectivity index (χ3n) is 4.38. The van der Waals surface area contributed by atoms with Crippen molar-refractivity contribution in [2.24, 2.45) is 0 Å². The molecule has 0 aliphatic carbocycles. The van der Waals surface area contributed by atoms with Crippen LogP contribution in [0, 0.1) is 18.3 Å². The molecule has 0 unspecified atom stereocenters. The molecule has 1 amide bonds. The summed E-state index contributed by atoms with van der Waals surface area (Å²) >= 11 is 13.5. The molecular weight excluding hydrogens is 469 g/mol. The van der Waals surface area contributed by atoms with Crippen molar-refractivity contribution < 1.29 is 14.3 Å². The average Bonchev–Trinajstić information content (AvgIpc) is 2.82. The van der Waals surface area contributed by atoms with E-state index in [1.807, 2.05) is 24.3 Å². The van der Waals surface area contributed by atoms with E-state index in [1.165, 1.54) is 18.0 Å². The molecule has 0 fully saturated rings. The lowest BCUT2D eigenvalue weighted by atomic mass is 10.2. The van der Waals surface area contributed by atoms with Crippen molar-refractivity contribution >= 4 is 52.7 Å². The van der Waals surface area contributed by atoms with E-state index >= 15 is 0 Å². The lowest BCUT2D eigenvalue weighted by molar-refractivity contribution is -0.119. The smallest absolute Gasteiger partial charge is 0.339 e. The lowest BCUT2D eigenvalue weighted by Gasteiger charge is -2.11. The van der Waals surface area contributed by atoms with Gasteiger partial charge in [-0.05, 0) is 42.3 Å². The number of carbonyl (C=O) groups excluding carboxylic acids is 2. The molecule has 0 radical (unpaired) electrons. The molecule has 2 aromatic carbocycles. The Morgan fingerprint density at radius 1 is 1.16 bits per heavy atom. The summed E-state index contributed by atoms with van der Waals surface area (Å²) in [5.41, 5.74) is 2.55. The maximum Gasteiger partial charge on any atom is 0.339 e. The highest BCUT2D eigenvalue weighted by atomic mass is 35.5. The van der Waals surface area contributed by atoms with Crippen molar-refractivity contribution in [1.82, 2.24) is 4.98 Å². The second-order valence-electron chi connectivity index (χ2n) is 6.61. The molecule has 1 N–H and O–H groups in total. The highest BCUT2D eigenvalue weighted by molar-refractivity contribution is 7.98. The van der Waals surface area contributed by atoms with E-state index in [0.29, 0.717) is 27.5 Å². The van der Waals surface area contributed by atoms with E-state index in [4.69, 9.17) is 33.2 Å². The van der Waals surface area contributed by atoms with Crippen LogP contribution in [0.4, 0.5) is 5.82 Å². The molecule has 0 aliphatic rings. The minimum absolute atomic E-state index is 0.146. The fourth-order valence-corrected chi connectivity index (χ4v) is 4.00. The number of aromatic nitrogens is 1. The van der Waals surface area contributed by atoms with Gasteiger partial charge in [0.25, 0.3) is 5.91 Å². The zero-order chi connectivity index (χ0) is 23.1. The van der Waals surface area contributed by atoms with Gasteiger partial charge in [-0.2, -0.15) is 5.26 Å². The van der Waals surface area contributed by atoms with Crippen molar-refractivity contribution in [2.45, 2.75) is 17.6 Å². The Morgan fingerprint density at radius 3 is 2.59 bits per heavy atom. The van der Waals surface area contributed by atoms with Crippen LogP contribution in [0.2, 0.25) is 10.0 Å². The van der Waals surface area contributed by atoms with Gasteiger partial charge in [0.05, 0.1) is 27.2 Å². The van der Waals surface area contributed by atoms with Crippen molar-refractivity contribution in [3.63, 3.8) is 0 Å². The van der Waals surface area contributed by atoms with Crippen LogP contribution in [0.25, 0.3) is 0 Å². The van der Waals surface area contributed by atoms with Crippen LogP contribution < -0.4 is 5.32 Å². The Labute approximate surface area is 199 Å². The first-order valence-electron chi connectivity index (χ1n) is 9.37. The van der Waals surface area contributed by atoms with E-state index in [9.17, 15) is 9.59 Å². The lowest BCUT2D eigenvalue weighted by Crippen LogP contribution is -2.22. The maximum absolute atomic E-state index is 12.6. The normalized spacial score (nSPS) is 10.3. The van der Waals surface area contributed by atoms with Gasteiger partial charge in [0.2, 0.25) is 0 Å².